The van der Waals surface area contributed by atoms with Gasteiger partial charge in [-0.15, -0.1) is 0 Å². The molecular weight excluding hydrogens is 254 g/mol. The van der Waals surface area contributed by atoms with Gasteiger partial charge < -0.3 is 20.3 Å². The Morgan fingerprint density at radius 1 is 1.21 bits per heavy atom. The summed E-state index contributed by atoms with van der Waals surface area (Å²) >= 11 is 0. The van der Waals surface area contributed by atoms with Crippen LogP contribution in [0.2, 0.25) is 0 Å². The molecule has 0 spiro atoms. The van der Waals surface area contributed by atoms with Gasteiger partial charge in [0.1, 0.15) is 13.2 Å². The third-order valence-corrected chi connectivity index (χ3v) is 2.22. The minimum absolute atomic E-state index is 0.0485. The van der Waals surface area contributed by atoms with Gasteiger partial charge in [-0.1, -0.05) is 6.07 Å². The predicted octanol–water partition coefficient (Wildman–Crippen LogP) is 0.733. The van der Waals surface area contributed by atoms with Crippen LogP contribution in [0.15, 0.2) is 18.2 Å². The summed E-state index contributed by atoms with van der Waals surface area (Å²) in [7, 11) is 0. The van der Waals surface area contributed by atoms with Crippen molar-refractivity contribution >= 4 is 23.5 Å². The Balaban J connectivity index is 2.65. The van der Waals surface area contributed by atoms with E-state index in [4.69, 9.17) is 10.2 Å². The topological polar surface area (TPSA) is 113 Å². The molecule has 0 unspecified atom stereocenters. The van der Waals surface area contributed by atoms with Crippen molar-refractivity contribution in [3.63, 3.8) is 0 Å². The molecule has 3 N–H and O–H groups in total. The highest BCUT2D eigenvalue weighted by molar-refractivity contribution is 5.95. The molecule has 7 heteroatoms. The van der Waals surface area contributed by atoms with Gasteiger partial charge in [0.25, 0.3) is 0 Å². The number of aliphatic carboxylic acids is 1. The molecule has 0 atom stereocenters. The van der Waals surface area contributed by atoms with Crippen LogP contribution < -0.4 is 5.32 Å². The Labute approximate surface area is 108 Å². The molecule has 1 rings (SSSR count). The van der Waals surface area contributed by atoms with E-state index in [0.29, 0.717) is 11.3 Å². The molecule has 1 aromatic carbocycles. The van der Waals surface area contributed by atoms with Crippen LogP contribution in [0.25, 0.3) is 0 Å². The molecule has 1 amide bonds. The van der Waals surface area contributed by atoms with Crippen LogP contribution in [0.1, 0.15) is 15.9 Å². The second-order valence-corrected chi connectivity index (χ2v) is 3.77. The van der Waals surface area contributed by atoms with Crippen molar-refractivity contribution < 1.29 is 29.3 Å². The van der Waals surface area contributed by atoms with Gasteiger partial charge in [-0.25, -0.2) is 9.59 Å². The molecule has 19 heavy (non-hydrogen) atoms. The number of anilines is 1. The van der Waals surface area contributed by atoms with Crippen LogP contribution in [0.4, 0.5) is 5.69 Å². The third kappa shape index (κ3) is 4.76. The number of rotatable bonds is 6. The number of aromatic carboxylic acids is 1. The molecule has 1 aromatic rings. The van der Waals surface area contributed by atoms with Crippen LogP contribution >= 0.6 is 0 Å². The molecule has 0 radical (unpaired) electrons. The lowest BCUT2D eigenvalue weighted by Crippen LogP contribution is -2.21. The zero-order chi connectivity index (χ0) is 14.4. The summed E-state index contributed by atoms with van der Waals surface area (Å²) in [6.07, 6.45) is 0. The first kappa shape index (κ1) is 14.7. The van der Waals surface area contributed by atoms with Gasteiger partial charge in [0.15, 0.2) is 0 Å². The molecule has 0 aliphatic rings. The van der Waals surface area contributed by atoms with Gasteiger partial charge in [-0.2, -0.15) is 0 Å². The number of carboxylic acid groups (broad SMARTS) is 2. The zero-order valence-electron chi connectivity index (χ0n) is 10.2. The van der Waals surface area contributed by atoms with Crippen LogP contribution in [0, 0.1) is 6.92 Å². The Bertz CT molecular complexity index is 511. The van der Waals surface area contributed by atoms with E-state index in [1.165, 1.54) is 12.1 Å². The fourth-order valence-electron chi connectivity index (χ4n) is 1.31. The number of carbonyl (C=O) groups excluding carboxylic acids is 1. The first-order chi connectivity index (χ1) is 8.90. The van der Waals surface area contributed by atoms with Crippen molar-refractivity contribution in [1.82, 2.24) is 0 Å². The maximum atomic E-state index is 11.5. The zero-order valence-corrected chi connectivity index (χ0v) is 10.2. The lowest BCUT2D eigenvalue weighted by atomic mass is 10.1. The normalized spacial score (nSPS) is 9.95. The van der Waals surface area contributed by atoms with Gasteiger partial charge in [-0.3, -0.25) is 4.79 Å². The monoisotopic (exact) mass is 267 g/mol. The molecule has 102 valence electrons. The first-order valence-corrected chi connectivity index (χ1v) is 5.33. The number of carboxylic acids is 2. The summed E-state index contributed by atoms with van der Waals surface area (Å²) in [6.45, 7) is 0.726. The van der Waals surface area contributed by atoms with Crippen molar-refractivity contribution in [3.8, 4) is 0 Å². The van der Waals surface area contributed by atoms with Gasteiger partial charge >= 0.3 is 11.9 Å². The Morgan fingerprint density at radius 2 is 1.89 bits per heavy atom. The van der Waals surface area contributed by atoms with E-state index in [1.54, 1.807) is 13.0 Å². The highest BCUT2D eigenvalue weighted by Crippen LogP contribution is 2.16. The quantitative estimate of drug-likeness (QED) is 0.700. The van der Waals surface area contributed by atoms with Crippen LogP contribution in [-0.2, 0) is 14.3 Å². The third-order valence-electron chi connectivity index (χ3n) is 2.22. The molecule has 7 nitrogen and oxygen atoms in total. The fraction of sp³-hybridized carbons (Fsp3) is 0.250. The summed E-state index contributed by atoms with van der Waals surface area (Å²) < 4.78 is 4.62. The second kappa shape index (κ2) is 6.50. The minimum Gasteiger partial charge on any atom is -0.480 e. The molecule has 0 bridgehead atoms. The summed E-state index contributed by atoms with van der Waals surface area (Å²) in [5, 5.41) is 19.6. The van der Waals surface area contributed by atoms with Crippen LogP contribution in [0.5, 0.6) is 0 Å². The Morgan fingerprint density at radius 3 is 2.47 bits per heavy atom. The average Bonchev–Trinajstić information content (AvgIpc) is 2.31. The molecular formula is C12H13NO6. The number of hydrogen-bond donors (Lipinski definition) is 3. The highest BCUT2D eigenvalue weighted by Gasteiger charge is 2.09. The van der Waals surface area contributed by atoms with E-state index >= 15 is 0 Å². The van der Waals surface area contributed by atoms with Gasteiger partial charge in [0, 0.05) is 5.69 Å². The van der Waals surface area contributed by atoms with E-state index in [1.807, 2.05) is 0 Å². The van der Waals surface area contributed by atoms with Crippen molar-refractivity contribution in [2.24, 2.45) is 0 Å². The summed E-state index contributed by atoms with van der Waals surface area (Å²) in [5.41, 5.74) is 1.09. The van der Waals surface area contributed by atoms with Crippen molar-refractivity contribution in [2.75, 3.05) is 18.5 Å². The highest BCUT2D eigenvalue weighted by atomic mass is 16.5. The van der Waals surface area contributed by atoms with E-state index in [2.05, 4.69) is 10.1 Å². The van der Waals surface area contributed by atoms with E-state index in [-0.39, 0.29) is 5.56 Å². The number of hydrogen-bond acceptors (Lipinski definition) is 4. The van der Waals surface area contributed by atoms with Crippen molar-refractivity contribution in [2.45, 2.75) is 6.92 Å². The van der Waals surface area contributed by atoms with Crippen LogP contribution in [-0.4, -0.2) is 41.3 Å². The molecule has 0 heterocycles. The molecule has 0 aromatic heterocycles. The molecule has 0 saturated carbocycles. The molecule has 0 fully saturated rings. The predicted molar refractivity (Wildman–Crippen MR) is 65.2 cm³/mol. The fourth-order valence-corrected chi connectivity index (χ4v) is 1.31. The largest absolute Gasteiger partial charge is 0.480 e. The van der Waals surface area contributed by atoms with Gasteiger partial charge in [-0.05, 0) is 24.6 Å². The van der Waals surface area contributed by atoms with E-state index in [9.17, 15) is 14.4 Å². The van der Waals surface area contributed by atoms with E-state index in [0.717, 1.165) is 0 Å². The summed E-state index contributed by atoms with van der Waals surface area (Å²) in [5.74, 6) is -2.82. The van der Waals surface area contributed by atoms with E-state index < -0.39 is 31.1 Å². The number of nitrogens with one attached hydrogen (secondary N) is 1. The molecule has 0 saturated heterocycles. The lowest BCUT2D eigenvalue weighted by molar-refractivity contribution is -0.143. The summed E-state index contributed by atoms with van der Waals surface area (Å²) in [4.78, 5) is 32.4. The first-order valence-electron chi connectivity index (χ1n) is 5.33. The van der Waals surface area contributed by atoms with Crippen LogP contribution in [0.3, 0.4) is 0 Å². The smallest absolute Gasteiger partial charge is 0.335 e. The number of aryl methyl sites for hydroxylation is 1. The Hall–Kier alpha value is -2.41. The maximum absolute atomic E-state index is 11.5. The summed E-state index contributed by atoms with van der Waals surface area (Å²) in [6, 6.07) is 4.32. The van der Waals surface area contributed by atoms with Crippen molar-refractivity contribution in [3.05, 3.63) is 29.3 Å². The maximum Gasteiger partial charge on any atom is 0.335 e. The standard InChI is InChI=1S/C12H13NO6/c1-7-2-3-8(12(17)18)4-9(7)13-10(14)5-19-6-11(15)16/h2-4H,5-6H2,1H3,(H,13,14)(H,15,16)(H,17,18). The number of carbonyl (C=O) groups is 3. The number of ether oxygens (including phenoxy) is 1. The SMILES string of the molecule is Cc1ccc(C(=O)O)cc1NC(=O)COCC(=O)O. The second-order valence-electron chi connectivity index (χ2n) is 3.77. The van der Waals surface area contributed by atoms with Crippen molar-refractivity contribution in [1.29, 1.82) is 0 Å². The van der Waals surface area contributed by atoms with Gasteiger partial charge in [0.2, 0.25) is 5.91 Å². The van der Waals surface area contributed by atoms with Gasteiger partial charge in [0.05, 0.1) is 5.56 Å². The number of benzene rings is 1. The molecule has 0 aliphatic carbocycles. The lowest BCUT2D eigenvalue weighted by Gasteiger charge is -2.09. The molecule has 0 aliphatic heterocycles. The average molecular weight is 267 g/mol. The number of amides is 1. The Kier molecular flexibility index (Phi) is 5.01. The minimum atomic E-state index is -1.17.